The van der Waals surface area contributed by atoms with E-state index in [1.54, 1.807) is 6.92 Å². The Balaban J connectivity index is 1.84. The summed E-state index contributed by atoms with van der Waals surface area (Å²) in [6, 6.07) is 7.45. The van der Waals surface area contributed by atoms with E-state index in [0.29, 0.717) is 18.3 Å². The molecule has 1 saturated carbocycles. The van der Waals surface area contributed by atoms with Gasteiger partial charge in [0.05, 0.1) is 12.2 Å². The first kappa shape index (κ1) is 14.4. The third kappa shape index (κ3) is 4.22. The maximum atomic E-state index is 10.0. The molecule has 0 aliphatic heterocycles. The van der Waals surface area contributed by atoms with Crippen LogP contribution in [-0.4, -0.2) is 22.9 Å². The van der Waals surface area contributed by atoms with Gasteiger partial charge in [-0.1, -0.05) is 43.9 Å². The van der Waals surface area contributed by atoms with Crippen molar-refractivity contribution in [3.63, 3.8) is 0 Å². The second-order valence-electron chi connectivity index (χ2n) is 5.56. The number of aliphatic hydroxyl groups is 2. The summed E-state index contributed by atoms with van der Waals surface area (Å²) >= 11 is 0. The van der Waals surface area contributed by atoms with E-state index in [1.165, 1.54) is 25.7 Å². The zero-order chi connectivity index (χ0) is 13.7. The lowest BCUT2D eigenvalue weighted by Gasteiger charge is -2.18. The lowest BCUT2D eigenvalue weighted by atomic mass is 10.0. The summed E-state index contributed by atoms with van der Waals surface area (Å²) in [6.07, 6.45) is 4.93. The van der Waals surface area contributed by atoms with Gasteiger partial charge in [0, 0.05) is 5.56 Å². The smallest absolute Gasteiger partial charge is 0.125 e. The third-order valence-corrected chi connectivity index (χ3v) is 3.88. The molecule has 106 valence electrons. The molecule has 3 nitrogen and oxygen atoms in total. The minimum atomic E-state index is -0.553. The lowest BCUT2D eigenvalue weighted by Crippen LogP contribution is -2.20. The molecule has 0 heterocycles. The van der Waals surface area contributed by atoms with Crippen molar-refractivity contribution < 1.29 is 14.9 Å². The molecular weight excluding hydrogens is 240 g/mol. The summed E-state index contributed by atoms with van der Waals surface area (Å²) in [5.74, 6) is 1.33. The monoisotopic (exact) mass is 264 g/mol. The minimum absolute atomic E-state index is 0.306. The summed E-state index contributed by atoms with van der Waals surface area (Å²) < 4.78 is 5.66. The molecule has 0 radical (unpaired) electrons. The summed E-state index contributed by atoms with van der Waals surface area (Å²) in [6.45, 7) is 2.03. The molecule has 1 unspecified atom stereocenters. The van der Waals surface area contributed by atoms with E-state index in [2.05, 4.69) is 0 Å². The fourth-order valence-electron chi connectivity index (χ4n) is 2.84. The Morgan fingerprint density at radius 2 is 1.89 bits per heavy atom. The van der Waals surface area contributed by atoms with Gasteiger partial charge in [-0.3, -0.25) is 0 Å². The molecule has 2 N–H and O–H groups in total. The van der Waals surface area contributed by atoms with Gasteiger partial charge in [0.25, 0.3) is 0 Å². The molecule has 2 atom stereocenters. The molecule has 0 aromatic heterocycles. The molecule has 1 aromatic rings. The van der Waals surface area contributed by atoms with Crippen LogP contribution in [0.3, 0.4) is 0 Å². The van der Waals surface area contributed by atoms with Crippen LogP contribution in [-0.2, 0) is 0 Å². The van der Waals surface area contributed by atoms with Crippen LogP contribution >= 0.6 is 0 Å². The van der Waals surface area contributed by atoms with Crippen molar-refractivity contribution in [1.82, 2.24) is 0 Å². The van der Waals surface area contributed by atoms with Crippen molar-refractivity contribution in [2.45, 2.75) is 51.2 Å². The van der Waals surface area contributed by atoms with E-state index in [-0.39, 0.29) is 0 Å². The second-order valence-corrected chi connectivity index (χ2v) is 5.56. The van der Waals surface area contributed by atoms with Crippen LogP contribution in [0, 0.1) is 5.92 Å². The fourth-order valence-corrected chi connectivity index (χ4v) is 2.84. The summed E-state index contributed by atoms with van der Waals surface area (Å²) in [4.78, 5) is 0. The Morgan fingerprint density at radius 1 is 1.21 bits per heavy atom. The highest BCUT2D eigenvalue weighted by Gasteiger charge is 2.19. The summed E-state index contributed by atoms with van der Waals surface area (Å²) in [5.41, 5.74) is 0.774. The van der Waals surface area contributed by atoms with Crippen LogP contribution in [0.15, 0.2) is 24.3 Å². The van der Waals surface area contributed by atoms with Crippen LogP contribution in [0.1, 0.15) is 50.7 Å². The van der Waals surface area contributed by atoms with Crippen LogP contribution in [0.2, 0.25) is 0 Å². The number of benzene rings is 1. The van der Waals surface area contributed by atoms with Crippen molar-refractivity contribution in [2.75, 3.05) is 6.61 Å². The first-order chi connectivity index (χ1) is 9.16. The molecule has 0 spiro atoms. The highest BCUT2D eigenvalue weighted by Crippen LogP contribution is 2.29. The first-order valence-electron chi connectivity index (χ1n) is 7.24. The average Bonchev–Trinajstić information content (AvgIpc) is 2.89. The number of aliphatic hydroxyl groups excluding tert-OH is 2. The van der Waals surface area contributed by atoms with Gasteiger partial charge >= 0.3 is 0 Å². The van der Waals surface area contributed by atoms with E-state index < -0.39 is 12.2 Å². The highest BCUT2D eigenvalue weighted by molar-refractivity contribution is 5.34. The topological polar surface area (TPSA) is 49.7 Å². The number of hydrogen-bond donors (Lipinski definition) is 2. The molecule has 0 saturated heterocycles. The zero-order valence-corrected chi connectivity index (χ0v) is 11.6. The van der Waals surface area contributed by atoms with E-state index >= 15 is 0 Å². The predicted octanol–water partition coefficient (Wildman–Crippen LogP) is 3.06. The third-order valence-electron chi connectivity index (χ3n) is 3.88. The number of para-hydroxylation sites is 1. The summed E-state index contributed by atoms with van der Waals surface area (Å²) in [5, 5.41) is 19.7. The SMILES string of the molecule is C[C@@H](O)c1ccccc1OCC(O)CC1CCCC1. The molecule has 2 rings (SSSR count). The highest BCUT2D eigenvalue weighted by atomic mass is 16.5. The maximum Gasteiger partial charge on any atom is 0.125 e. The van der Waals surface area contributed by atoms with Crippen molar-refractivity contribution in [3.8, 4) is 5.75 Å². The Kier molecular flexibility index (Phi) is 5.23. The van der Waals surface area contributed by atoms with E-state index in [9.17, 15) is 10.2 Å². The molecule has 0 amide bonds. The molecular formula is C16H24O3. The normalized spacial score (nSPS) is 19.3. The second kappa shape index (κ2) is 6.92. The average molecular weight is 264 g/mol. The van der Waals surface area contributed by atoms with Crippen molar-refractivity contribution in [3.05, 3.63) is 29.8 Å². The first-order valence-corrected chi connectivity index (χ1v) is 7.24. The molecule has 19 heavy (non-hydrogen) atoms. The number of hydrogen-bond acceptors (Lipinski definition) is 3. The van der Waals surface area contributed by atoms with Gasteiger partial charge < -0.3 is 14.9 Å². The van der Waals surface area contributed by atoms with Gasteiger partial charge in [-0.25, -0.2) is 0 Å². The van der Waals surface area contributed by atoms with Crippen molar-refractivity contribution in [1.29, 1.82) is 0 Å². The van der Waals surface area contributed by atoms with Crippen molar-refractivity contribution in [2.24, 2.45) is 5.92 Å². The van der Waals surface area contributed by atoms with Gasteiger partial charge in [-0.15, -0.1) is 0 Å². The maximum absolute atomic E-state index is 10.0. The Bertz CT molecular complexity index is 383. The molecule has 1 aliphatic rings. The number of ether oxygens (including phenoxy) is 1. The minimum Gasteiger partial charge on any atom is -0.491 e. The predicted molar refractivity (Wildman–Crippen MR) is 75.2 cm³/mol. The Morgan fingerprint density at radius 3 is 2.58 bits per heavy atom. The van der Waals surface area contributed by atoms with Gasteiger partial charge in [-0.05, 0) is 25.3 Å². The summed E-state index contributed by atoms with van der Waals surface area (Å²) in [7, 11) is 0. The van der Waals surface area contributed by atoms with Gasteiger partial charge in [0.1, 0.15) is 12.4 Å². The van der Waals surface area contributed by atoms with E-state index in [1.807, 2.05) is 24.3 Å². The van der Waals surface area contributed by atoms with Crippen molar-refractivity contribution >= 4 is 0 Å². The largest absolute Gasteiger partial charge is 0.491 e. The van der Waals surface area contributed by atoms with Crippen LogP contribution in [0.25, 0.3) is 0 Å². The number of rotatable bonds is 6. The van der Waals surface area contributed by atoms with Crippen LogP contribution in [0.4, 0.5) is 0 Å². The fraction of sp³-hybridized carbons (Fsp3) is 0.625. The van der Waals surface area contributed by atoms with Gasteiger partial charge in [-0.2, -0.15) is 0 Å². The quantitative estimate of drug-likeness (QED) is 0.830. The van der Waals surface area contributed by atoms with Gasteiger partial charge in [0.2, 0.25) is 0 Å². The Hall–Kier alpha value is -1.06. The Labute approximate surface area is 115 Å². The van der Waals surface area contributed by atoms with E-state index in [4.69, 9.17) is 4.74 Å². The van der Waals surface area contributed by atoms with Crippen LogP contribution in [0.5, 0.6) is 5.75 Å². The van der Waals surface area contributed by atoms with Gasteiger partial charge in [0.15, 0.2) is 0 Å². The standard InChI is InChI=1S/C16H24O3/c1-12(17)15-8-4-5-9-16(15)19-11-14(18)10-13-6-2-3-7-13/h4-5,8-9,12-14,17-18H,2-3,6-7,10-11H2,1H3/t12-,14?/m1/s1. The van der Waals surface area contributed by atoms with Crippen LogP contribution < -0.4 is 4.74 Å². The molecule has 1 fully saturated rings. The molecule has 0 bridgehead atoms. The lowest BCUT2D eigenvalue weighted by molar-refractivity contribution is 0.0832. The zero-order valence-electron chi connectivity index (χ0n) is 11.6. The molecule has 1 aliphatic carbocycles. The molecule has 3 heteroatoms. The molecule has 1 aromatic carbocycles. The van der Waals surface area contributed by atoms with E-state index in [0.717, 1.165) is 12.0 Å².